The molecule has 0 aromatic rings. The maximum atomic E-state index is 12.5. The molecule has 0 N–H and O–H groups in total. The minimum atomic E-state index is -3.38. The summed E-state index contributed by atoms with van der Waals surface area (Å²) >= 11 is 0. The van der Waals surface area contributed by atoms with Gasteiger partial charge in [0.2, 0.25) is 0 Å². The zero-order chi connectivity index (χ0) is 14.8. The molecule has 2 unspecified atom stereocenters. The number of ether oxygens (including phenoxy) is 3. The maximum Gasteiger partial charge on any atom is 0.282 e. The molecule has 0 aromatic carbocycles. The summed E-state index contributed by atoms with van der Waals surface area (Å²) in [5, 5.41) is 0. The van der Waals surface area contributed by atoms with Crippen molar-refractivity contribution in [1.29, 1.82) is 0 Å². The van der Waals surface area contributed by atoms with Gasteiger partial charge in [-0.1, -0.05) is 0 Å². The van der Waals surface area contributed by atoms with Gasteiger partial charge in [-0.05, 0) is 13.8 Å². The van der Waals surface area contributed by atoms with E-state index in [0.717, 1.165) is 0 Å². The Kier molecular flexibility index (Phi) is 5.38. The Labute approximate surface area is 120 Å². The minimum Gasteiger partial charge on any atom is -0.382 e. The predicted molar refractivity (Wildman–Crippen MR) is 73.7 cm³/mol. The largest absolute Gasteiger partial charge is 0.382 e. The van der Waals surface area contributed by atoms with Gasteiger partial charge in [-0.3, -0.25) is 0 Å². The lowest BCUT2D eigenvalue weighted by Crippen LogP contribution is -2.61. The molecule has 2 heterocycles. The van der Waals surface area contributed by atoms with Gasteiger partial charge < -0.3 is 14.2 Å². The standard InChI is InChI=1S/C12H24N2O5S/c1-10-6-13(7-11(2)19-10)20(15,16)14-8-12(9-14)18-5-4-17-3/h10-12H,4-9H2,1-3H3. The second-order valence-corrected chi connectivity index (χ2v) is 7.31. The molecule has 2 atom stereocenters. The van der Waals surface area contributed by atoms with Crippen molar-refractivity contribution in [2.24, 2.45) is 0 Å². The predicted octanol–water partition coefficient (Wildman–Crippen LogP) is -0.312. The van der Waals surface area contributed by atoms with E-state index >= 15 is 0 Å². The topological polar surface area (TPSA) is 68.3 Å². The van der Waals surface area contributed by atoms with Crippen molar-refractivity contribution in [2.45, 2.75) is 32.2 Å². The van der Waals surface area contributed by atoms with Crippen LogP contribution in [0.3, 0.4) is 0 Å². The first-order chi connectivity index (χ1) is 9.43. The van der Waals surface area contributed by atoms with Gasteiger partial charge in [0, 0.05) is 33.3 Å². The molecule has 2 saturated heterocycles. The van der Waals surface area contributed by atoms with Crippen molar-refractivity contribution in [3.05, 3.63) is 0 Å². The number of nitrogens with zero attached hydrogens (tertiary/aromatic N) is 2. The highest BCUT2D eigenvalue weighted by Gasteiger charge is 2.42. The van der Waals surface area contributed by atoms with Crippen LogP contribution in [0.2, 0.25) is 0 Å². The molecule has 20 heavy (non-hydrogen) atoms. The zero-order valence-electron chi connectivity index (χ0n) is 12.3. The number of hydrogen-bond donors (Lipinski definition) is 0. The minimum absolute atomic E-state index is 0.0178. The molecule has 0 spiro atoms. The van der Waals surface area contributed by atoms with Crippen molar-refractivity contribution in [3.63, 3.8) is 0 Å². The van der Waals surface area contributed by atoms with Crippen LogP contribution in [-0.4, -0.2) is 81.8 Å². The lowest BCUT2D eigenvalue weighted by molar-refractivity contribution is -0.0553. The van der Waals surface area contributed by atoms with Gasteiger partial charge in [0.1, 0.15) is 0 Å². The van der Waals surface area contributed by atoms with E-state index in [4.69, 9.17) is 14.2 Å². The molecule has 0 bridgehead atoms. The molecule has 8 heteroatoms. The normalized spacial score (nSPS) is 30.4. The first-order valence-corrected chi connectivity index (χ1v) is 8.34. The number of rotatable bonds is 6. The molecule has 2 aliphatic rings. The van der Waals surface area contributed by atoms with E-state index in [9.17, 15) is 8.42 Å². The van der Waals surface area contributed by atoms with Crippen LogP contribution in [-0.2, 0) is 24.4 Å². The molecular formula is C12H24N2O5S. The van der Waals surface area contributed by atoms with Crippen LogP contribution in [0.15, 0.2) is 0 Å². The van der Waals surface area contributed by atoms with Crippen molar-refractivity contribution in [3.8, 4) is 0 Å². The smallest absolute Gasteiger partial charge is 0.282 e. The Bertz CT molecular complexity index is 400. The summed E-state index contributed by atoms with van der Waals surface area (Å²) in [6.45, 7) is 6.49. The fraction of sp³-hybridized carbons (Fsp3) is 1.00. The average molecular weight is 308 g/mol. The molecule has 2 aliphatic heterocycles. The van der Waals surface area contributed by atoms with E-state index in [2.05, 4.69) is 0 Å². The second kappa shape index (κ2) is 6.67. The summed E-state index contributed by atoms with van der Waals surface area (Å²) in [5.41, 5.74) is 0. The molecular weight excluding hydrogens is 284 g/mol. The van der Waals surface area contributed by atoms with Gasteiger partial charge in [0.05, 0.1) is 31.5 Å². The first-order valence-electron chi connectivity index (χ1n) is 6.94. The second-order valence-electron chi connectivity index (χ2n) is 5.38. The van der Waals surface area contributed by atoms with Gasteiger partial charge in [0.15, 0.2) is 0 Å². The number of hydrogen-bond acceptors (Lipinski definition) is 5. The van der Waals surface area contributed by atoms with E-state index in [1.165, 1.54) is 8.61 Å². The summed E-state index contributed by atoms with van der Waals surface area (Å²) in [4.78, 5) is 0. The fourth-order valence-electron chi connectivity index (χ4n) is 2.48. The summed E-state index contributed by atoms with van der Waals surface area (Å²) in [7, 11) is -1.77. The average Bonchev–Trinajstić information content (AvgIpc) is 2.30. The Morgan fingerprint density at radius 2 is 1.60 bits per heavy atom. The van der Waals surface area contributed by atoms with Crippen LogP contribution in [0, 0.1) is 0 Å². The first kappa shape index (κ1) is 16.1. The lowest BCUT2D eigenvalue weighted by atomic mass is 10.2. The van der Waals surface area contributed by atoms with E-state index in [-0.39, 0.29) is 18.3 Å². The van der Waals surface area contributed by atoms with Crippen molar-refractivity contribution in [1.82, 2.24) is 8.61 Å². The number of methoxy groups -OCH3 is 1. The molecule has 7 nitrogen and oxygen atoms in total. The summed E-state index contributed by atoms with van der Waals surface area (Å²) in [5.74, 6) is 0. The maximum absolute atomic E-state index is 12.5. The van der Waals surface area contributed by atoms with Crippen molar-refractivity contribution in [2.75, 3.05) is 46.5 Å². The Hall–Kier alpha value is -0.250. The molecule has 0 aliphatic carbocycles. The van der Waals surface area contributed by atoms with Crippen LogP contribution in [0.25, 0.3) is 0 Å². The SMILES string of the molecule is COCCOC1CN(S(=O)(=O)N2CC(C)OC(C)C2)C1. The molecule has 2 fully saturated rings. The molecule has 0 radical (unpaired) electrons. The van der Waals surface area contributed by atoms with Gasteiger partial charge in [-0.25, -0.2) is 0 Å². The third-order valence-electron chi connectivity index (χ3n) is 3.49. The monoisotopic (exact) mass is 308 g/mol. The molecule has 0 amide bonds. The number of morpholine rings is 1. The van der Waals surface area contributed by atoms with Crippen LogP contribution in [0.5, 0.6) is 0 Å². The third kappa shape index (κ3) is 3.69. The van der Waals surface area contributed by atoms with E-state index < -0.39 is 10.2 Å². The molecule has 2 rings (SSSR count). The summed E-state index contributed by atoms with van der Waals surface area (Å²) in [6.07, 6.45) is -0.150. The fourth-order valence-corrected chi connectivity index (χ4v) is 4.31. The van der Waals surface area contributed by atoms with E-state index in [0.29, 0.717) is 39.4 Å². The zero-order valence-corrected chi connectivity index (χ0v) is 13.1. The van der Waals surface area contributed by atoms with E-state index in [1.54, 1.807) is 7.11 Å². The quantitative estimate of drug-likeness (QED) is 0.630. The third-order valence-corrected chi connectivity index (χ3v) is 5.40. The summed E-state index contributed by atoms with van der Waals surface area (Å²) in [6, 6.07) is 0. The van der Waals surface area contributed by atoms with Gasteiger partial charge in [-0.2, -0.15) is 17.0 Å². The van der Waals surface area contributed by atoms with Crippen molar-refractivity contribution >= 4 is 10.2 Å². The Morgan fingerprint density at radius 1 is 1.05 bits per heavy atom. The highest BCUT2D eigenvalue weighted by molar-refractivity contribution is 7.86. The molecule has 118 valence electrons. The molecule has 0 aromatic heterocycles. The van der Waals surface area contributed by atoms with Crippen LogP contribution < -0.4 is 0 Å². The summed E-state index contributed by atoms with van der Waals surface area (Å²) < 4.78 is 43.8. The van der Waals surface area contributed by atoms with Gasteiger partial charge >= 0.3 is 0 Å². The molecule has 0 saturated carbocycles. The highest BCUT2D eigenvalue weighted by Crippen LogP contribution is 2.22. The van der Waals surface area contributed by atoms with Crippen LogP contribution in [0.4, 0.5) is 0 Å². The van der Waals surface area contributed by atoms with Crippen LogP contribution in [0.1, 0.15) is 13.8 Å². The Balaban J connectivity index is 1.83. The van der Waals surface area contributed by atoms with Crippen LogP contribution >= 0.6 is 0 Å². The lowest BCUT2D eigenvalue weighted by Gasteiger charge is -2.43. The van der Waals surface area contributed by atoms with Crippen molar-refractivity contribution < 1.29 is 22.6 Å². The van der Waals surface area contributed by atoms with Gasteiger partial charge in [0.25, 0.3) is 10.2 Å². The Morgan fingerprint density at radius 3 is 2.15 bits per heavy atom. The highest BCUT2D eigenvalue weighted by atomic mass is 32.2. The van der Waals surface area contributed by atoms with Gasteiger partial charge in [-0.15, -0.1) is 0 Å². The van der Waals surface area contributed by atoms with E-state index in [1.807, 2.05) is 13.8 Å².